The lowest BCUT2D eigenvalue weighted by Crippen LogP contribution is -2.44. The molecule has 4 nitrogen and oxygen atoms in total. The number of pyridine rings is 1. The highest BCUT2D eigenvalue weighted by molar-refractivity contribution is 6.30. The fourth-order valence-electron chi connectivity index (χ4n) is 2.24. The molecule has 1 aliphatic heterocycles. The number of hydrogen-bond donors (Lipinski definition) is 0. The van der Waals surface area contributed by atoms with Gasteiger partial charge in [-0.25, -0.2) is 0 Å². The van der Waals surface area contributed by atoms with E-state index in [0.29, 0.717) is 28.3 Å². The maximum absolute atomic E-state index is 12.4. The second-order valence-corrected chi connectivity index (χ2v) is 5.60. The Bertz CT molecular complexity index is 706. The van der Waals surface area contributed by atoms with Gasteiger partial charge in [0.25, 0.3) is 5.91 Å². The van der Waals surface area contributed by atoms with E-state index in [4.69, 9.17) is 27.9 Å². The lowest BCUT2D eigenvalue weighted by atomic mass is 10.1. The average Bonchev–Trinajstić information content (AvgIpc) is 2.44. The SMILES string of the molecule is C[C@@H]1Oc2nc(Cl)ccc2N(Cc2cccc(Cl)c2)C1=O. The topological polar surface area (TPSA) is 42.4 Å². The lowest BCUT2D eigenvalue weighted by molar-refractivity contribution is -0.125. The van der Waals surface area contributed by atoms with Gasteiger partial charge in [-0.05, 0) is 36.8 Å². The maximum atomic E-state index is 12.4. The minimum absolute atomic E-state index is 0.119. The molecule has 1 aromatic heterocycles. The fraction of sp³-hybridized carbons (Fsp3) is 0.200. The van der Waals surface area contributed by atoms with E-state index in [1.165, 1.54) is 0 Å². The molecule has 0 fully saturated rings. The van der Waals surface area contributed by atoms with Crippen LogP contribution in [-0.2, 0) is 11.3 Å². The number of nitrogens with zero attached hydrogens (tertiary/aromatic N) is 2. The molecule has 0 saturated carbocycles. The van der Waals surface area contributed by atoms with Crippen LogP contribution in [0.3, 0.4) is 0 Å². The molecule has 0 saturated heterocycles. The highest BCUT2D eigenvalue weighted by Crippen LogP contribution is 2.34. The molecular formula is C15H12Cl2N2O2. The molecule has 0 spiro atoms. The highest BCUT2D eigenvalue weighted by Gasteiger charge is 2.32. The van der Waals surface area contributed by atoms with Crippen molar-refractivity contribution in [3.63, 3.8) is 0 Å². The van der Waals surface area contributed by atoms with E-state index in [9.17, 15) is 4.79 Å². The number of fused-ring (bicyclic) bond motifs is 1. The molecule has 108 valence electrons. The molecule has 1 amide bonds. The zero-order chi connectivity index (χ0) is 15.0. The largest absolute Gasteiger partial charge is 0.463 e. The Hall–Kier alpha value is -1.78. The van der Waals surface area contributed by atoms with E-state index in [1.807, 2.05) is 18.2 Å². The first-order valence-electron chi connectivity index (χ1n) is 6.43. The summed E-state index contributed by atoms with van der Waals surface area (Å²) in [6.45, 7) is 2.10. The van der Waals surface area contributed by atoms with Crippen molar-refractivity contribution in [2.24, 2.45) is 0 Å². The molecule has 0 radical (unpaired) electrons. The molecule has 1 aromatic carbocycles. The molecule has 0 aliphatic carbocycles. The van der Waals surface area contributed by atoms with Crippen LogP contribution in [0.2, 0.25) is 10.2 Å². The Labute approximate surface area is 132 Å². The van der Waals surface area contributed by atoms with Gasteiger partial charge in [0, 0.05) is 5.02 Å². The van der Waals surface area contributed by atoms with Crippen molar-refractivity contribution in [1.29, 1.82) is 0 Å². The Kier molecular flexibility index (Phi) is 3.74. The first-order chi connectivity index (χ1) is 10.0. The minimum atomic E-state index is -0.595. The summed E-state index contributed by atoms with van der Waals surface area (Å²) in [6.07, 6.45) is -0.595. The van der Waals surface area contributed by atoms with Crippen molar-refractivity contribution >= 4 is 34.8 Å². The predicted octanol–water partition coefficient (Wildman–Crippen LogP) is 3.70. The Morgan fingerprint density at radius 1 is 1.29 bits per heavy atom. The molecule has 1 atom stereocenters. The molecule has 2 heterocycles. The second-order valence-electron chi connectivity index (χ2n) is 4.77. The quantitative estimate of drug-likeness (QED) is 0.792. The molecular weight excluding hydrogens is 311 g/mol. The predicted molar refractivity (Wildman–Crippen MR) is 82.0 cm³/mol. The van der Waals surface area contributed by atoms with Crippen molar-refractivity contribution < 1.29 is 9.53 Å². The first-order valence-corrected chi connectivity index (χ1v) is 7.19. The number of halogens is 2. The van der Waals surface area contributed by atoms with E-state index < -0.39 is 6.10 Å². The van der Waals surface area contributed by atoms with Crippen LogP contribution in [0.25, 0.3) is 0 Å². The van der Waals surface area contributed by atoms with Crippen LogP contribution >= 0.6 is 23.2 Å². The summed E-state index contributed by atoms with van der Waals surface area (Å²) in [5.74, 6) is 0.253. The van der Waals surface area contributed by atoms with Gasteiger partial charge in [0.1, 0.15) is 10.8 Å². The molecule has 0 bridgehead atoms. The fourth-order valence-corrected chi connectivity index (χ4v) is 2.59. The molecule has 0 unspecified atom stereocenters. The summed E-state index contributed by atoms with van der Waals surface area (Å²) in [5, 5.41) is 0.966. The van der Waals surface area contributed by atoms with Gasteiger partial charge >= 0.3 is 0 Å². The second kappa shape index (κ2) is 5.54. The number of rotatable bonds is 2. The van der Waals surface area contributed by atoms with Crippen LogP contribution in [0.15, 0.2) is 36.4 Å². The van der Waals surface area contributed by atoms with Crippen LogP contribution in [0.5, 0.6) is 5.88 Å². The zero-order valence-electron chi connectivity index (χ0n) is 11.2. The van der Waals surface area contributed by atoms with Crippen molar-refractivity contribution in [2.75, 3.05) is 4.90 Å². The monoisotopic (exact) mass is 322 g/mol. The third kappa shape index (κ3) is 2.82. The van der Waals surface area contributed by atoms with Crippen molar-refractivity contribution in [2.45, 2.75) is 19.6 Å². The van der Waals surface area contributed by atoms with E-state index in [1.54, 1.807) is 30.0 Å². The number of ether oxygens (including phenoxy) is 1. The Morgan fingerprint density at radius 3 is 2.86 bits per heavy atom. The van der Waals surface area contributed by atoms with Gasteiger partial charge in [0.2, 0.25) is 5.88 Å². The normalized spacial score (nSPS) is 17.4. The number of benzene rings is 1. The number of amides is 1. The van der Waals surface area contributed by atoms with Gasteiger partial charge in [0.15, 0.2) is 6.10 Å². The van der Waals surface area contributed by atoms with Crippen molar-refractivity contribution in [1.82, 2.24) is 4.98 Å². The Morgan fingerprint density at radius 2 is 2.10 bits per heavy atom. The van der Waals surface area contributed by atoms with E-state index in [2.05, 4.69) is 4.98 Å². The summed E-state index contributed by atoms with van der Waals surface area (Å²) < 4.78 is 5.50. The molecule has 0 N–H and O–H groups in total. The highest BCUT2D eigenvalue weighted by atomic mass is 35.5. The summed E-state index contributed by atoms with van der Waals surface area (Å²) in [6, 6.07) is 10.8. The lowest BCUT2D eigenvalue weighted by Gasteiger charge is -2.32. The van der Waals surface area contributed by atoms with Gasteiger partial charge in [-0.1, -0.05) is 35.3 Å². The average molecular weight is 323 g/mol. The number of hydrogen-bond acceptors (Lipinski definition) is 3. The van der Waals surface area contributed by atoms with Gasteiger partial charge in [-0.3, -0.25) is 9.69 Å². The summed E-state index contributed by atoms with van der Waals surface area (Å²) >= 11 is 11.9. The number of carbonyl (C=O) groups is 1. The van der Waals surface area contributed by atoms with Crippen molar-refractivity contribution in [3.8, 4) is 5.88 Å². The van der Waals surface area contributed by atoms with E-state index in [-0.39, 0.29) is 5.91 Å². The molecule has 6 heteroatoms. The third-order valence-electron chi connectivity index (χ3n) is 3.23. The number of aromatic nitrogens is 1. The van der Waals surface area contributed by atoms with E-state index >= 15 is 0 Å². The first kappa shape index (κ1) is 14.2. The Balaban J connectivity index is 1.99. The molecule has 3 rings (SSSR count). The maximum Gasteiger partial charge on any atom is 0.268 e. The van der Waals surface area contributed by atoms with Crippen LogP contribution in [-0.4, -0.2) is 17.0 Å². The van der Waals surface area contributed by atoms with E-state index in [0.717, 1.165) is 5.56 Å². The molecule has 2 aromatic rings. The summed E-state index contributed by atoms with van der Waals surface area (Å²) in [5.41, 5.74) is 1.55. The third-order valence-corrected chi connectivity index (χ3v) is 3.67. The van der Waals surface area contributed by atoms with Gasteiger partial charge < -0.3 is 4.74 Å². The molecule has 1 aliphatic rings. The number of anilines is 1. The summed E-state index contributed by atoms with van der Waals surface area (Å²) in [4.78, 5) is 18.1. The van der Waals surface area contributed by atoms with Crippen LogP contribution in [0, 0.1) is 0 Å². The van der Waals surface area contributed by atoms with Crippen LogP contribution in [0.1, 0.15) is 12.5 Å². The standard InChI is InChI=1S/C15H12Cl2N2O2/c1-9-15(20)19(8-10-3-2-4-11(16)7-10)12-5-6-13(17)18-14(12)21-9/h2-7,9H,8H2,1H3/t9-/m0/s1. The minimum Gasteiger partial charge on any atom is -0.463 e. The summed E-state index contributed by atoms with van der Waals surface area (Å²) in [7, 11) is 0. The zero-order valence-corrected chi connectivity index (χ0v) is 12.7. The van der Waals surface area contributed by atoms with Crippen molar-refractivity contribution in [3.05, 3.63) is 52.1 Å². The van der Waals surface area contributed by atoms with Gasteiger partial charge in [-0.2, -0.15) is 4.98 Å². The number of carbonyl (C=O) groups excluding carboxylic acids is 1. The van der Waals surface area contributed by atoms with Gasteiger partial charge in [0.05, 0.1) is 6.54 Å². The van der Waals surface area contributed by atoms with Crippen LogP contribution < -0.4 is 9.64 Å². The van der Waals surface area contributed by atoms with Gasteiger partial charge in [-0.15, -0.1) is 0 Å². The molecule has 21 heavy (non-hydrogen) atoms. The smallest absolute Gasteiger partial charge is 0.268 e. The van der Waals surface area contributed by atoms with Crippen LogP contribution in [0.4, 0.5) is 5.69 Å².